The average Bonchev–Trinajstić information content (AvgIpc) is 2.70. The lowest BCUT2D eigenvalue weighted by molar-refractivity contribution is 0.412. The molecule has 1 heterocycles. The summed E-state index contributed by atoms with van der Waals surface area (Å²) in [5.74, 6) is 1.79. The van der Waals surface area contributed by atoms with Crippen LogP contribution in [-0.4, -0.2) is 23.2 Å². The quantitative estimate of drug-likeness (QED) is 0.896. The number of aromatic nitrogens is 2. The highest BCUT2D eigenvalue weighted by atomic mass is 16.5. The summed E-state index contributed by atoms with van der Waals surface area (Å²) in [5, 5.41) is 0. The van der Waals surface area contributed by atoms with E-state index in [1.807, 2.05) is 25.3 Å². The molecule has 0 fully saturated rings. The SMILES string of the molecule is COc1ccc(C)cc1-n1cc(CCN)nc1C. The molecule has 4 heteroatoms. The predicted molar refractivity (Wildman–Crippen MR) is 72.3 cm³/mol. The van der Waals surface area contributed by atoms with Crippen LogP contribution in [0.25, 0.3) is 5.69 Å². The van der Waals surface area contributed by atoms with Gasteiger partial charge < -0.3 is 15.0 Å². The fourth-order valence-electron chi connectivity index (χ4n) is 2.03. The predicted octanol–water partition coefficient (Wildman–Crippen LogP) is 2.00. The summed E-state index contributed by atoms with van der Waals surface area (Å²) in [6.07, 6.45) is 2.82. The molecule has 0 bridgehead atoms. The van der Waals surface area contributed by atoms with Gasteiger partial charge in [-0.1, -0.05) is 6.07 Å². The molecule has 0 aliphatic heterocycles. The van der Waals surface area contributed by atoms with E-state index in [0.717, 1.165) is 29.4 Å². The standard InChI is InChI=1S/C14H19N3O/c1-10-4-5-14(18-3)13(8-10)17-9-12(6-7-15)16-11(17)2/h4-5,8-9H,6-7,15H2,1-3H3. The van der Waals surface area contributed by atoms with Crippen molar-refractivity contribution in [1.29, 1.82) is 0 Å². The van der Waals surface area contributed by atoms with E-state index < -0.39 is 0 Å². The third-order valence-electron chi connectivity index (χ3n) is 2.93. The molecule has 0 radical (unpaired) electrons. The van der Waals surface area contributed by atoms with Gasteiger partial charge >= 0.3 is 0 Å². The van der Waals surface area contributed by atoms with Crippen molar-refractivity contribution in [1.82, 2.24) is 9.55 Å². The molecule has 2 rings (SSSR count). The van der Waals surface area contributed by atoms with Crippen molar-refractivity contribution in [3.63, 3.8) is 0 Å². The van der Waals surface area contributed by atoms with Crippen LogP contribution in [-0.2, 0) is 6.42 Å². The number of ether oxygens (including phenoxy) is 1. The normalized spacial score (nSPS) is 10.7. The van der Waals surface area contributed by atoms with Crippen molar-refractivity contribution >= 4 is 0 Å². The van der Waals surface area contributed by atoms with Crippen molar-refractivity contribution in [2.45, 2.75) is 20.3 Å². The van der Waals surface area contributed by atoms with E-state index in [-0.39, 0.29) is 0 Å². The van der Waals surface area contributed by atoms with Gasteiger partial charge in [-0.15, -0.1) is 0 Å². The van der Waals surface area contributed by atoms with Crippen LogP contribution in [0.15, 0.2) is 24.4 Å². The van der Waals surface area contributed by atoms with Gasteiger partial charge in [-0.3, -0.25) is 0 Å². The Labute approximate surface area is 107 Å². The largest absolute Gasteiger partial charge is 0.495 e. The van der Waals surface area contributed by atoms with Gasteiger partial charge in [0.05, 0.1) is 18.5 Å². The molecule has 1 aromatic heterocycles. The van der Waals surface area contributed by atoms with Gasteiger partial charge in [-0.05, 0) is 38.1 Å². The van der Waals surface area contributed by atoms with Crippen LogP contribution in [0.2, 0.25) is 0 Å². The number of aryl methyl sites for hydroxylation is 2. The molecule has 18 heavy (non-hydrogen) atoms. The minimum absolute atomic E-state index is 0.613. The van der Waals surface area contributed by atoms with E-state index in [1.165, 1.54) is 5.56 Å². The van der Waals surface area contributed by atoms with Crippen molar-refractivity contribution < 1.29 is 4.74 Å². The Morgan fingerprint density at radius 1 is 1.33 bits per heavy atom. The lowest BCUT2D eigenvalue weighted by Crippen LogP contribution is -2.02. The second kappa shape index (κ2) is 5.23. The number of nitrogens with zero attached hydrogens (tertiary/aromatic N) is 2. The van der Waals surface area contributed by atoms with Gasteiger partial charge in [0.1, 0.15) is 11.6 Å². The zero-order chi connectivity index (χ0) is 13.1. The summed E-state index contributed by atoms with van der Waals surface area (Å²) < 4.78 is 7.46. The minimum Gasteiger partial charge on any atom is -0.495 e. The smallest absolute Gasteiger partial charge is 0.142 e. The van der Waals surface area contributed by atoms with E-state index in [1.54, 1.807) is 7.11 Å². The van der Waals surface area contributed by atoms with Gasteiger partial charge in [0.15, 0.2) is 0 Å². The highest BCUT2D eigenvalue weighted by Gasteiger charge is 2.10. The monoisotopic (exact) mass is 245 g/mol. The van der Waals surface area contributed by atoms with Crippen LogP contribution in [0, 0.1) is 13.8 Å². The second-order valence-corrected chi connectivity index (χ2v) is 4.36. The number of hydrogen-bond acceptors (Lipinski definition) is 3. The molecule has 0 saturated heterocycles. The van der Waals surface area contributed by atoms with Gasteiger partial charge in [0.25, 0.3) is 0 Å². The maximum absolute atomic E-state index is 5.56. The summed E-state index contributed by atoms with van der Waals surface area (Å²) in [6.45, 7) is 4.67. The first kappa shape index (κ1) is 12.6. The molecule has 0 amide bonds. The molecular weight excluding hydrogens is 226 g/mol. The molecule has 0 atom stereocenters. The first-order valence-corrected chi connectivity index (χ1v) is 6.05. The Bertz CT molecular complexity index is 546. The van der Waals surface area contributed by atoms with Crippen molar-refractivity contribution in [2.24, 2.45) is 5.73 Å². The molecule has 2 aromatic rings. The van der Waals surface area contributed by atoms with Gasteiger partial charge in [-0.2, -0.15) is 0 Å². The number of methoxy groups -OCH3 is 1. The van der Waals surface area contributed by atoms with Gasteiger partial charge in [0.2, 0.25) is 0 Å². The zero-order valence-electron chi connectivity index (χ0n) is 11.1. The molecule has 0 saturated carbocycles. The molecule has 4 nitrogen and oxygen atoms in total. The summed E-state index contributed by atoms with van der Waals surface area (Å²) in [7, 11) is 1.68. The van der Waals surface area contributed by atoms with E-state index in [4.69, 9.17) is 10.5 Å². The third kappa shape index (κ3) is 2.38. The van der Waals surface area contributed by atoms with E-state index in [2.05, 4.69) is 22.5 Å². The fraction of sp³-hybridized carbons (Fsp3) is 0.357. The van der Waals surface area contributed by atoms with Crippen molar-refractivity contribution in [3.8, 4) is 11.4 Å². The molecule has 0 unspecified atom stereocenters. The Hall–Kier alpha value is -1.81. The molecule has 0 aliphatic carbocycles. The second-order valence-electron chi connectivity index (χ2n) is 4.36. The molecular formula is C14H19N3O. The van der Waals surface area contributed by atoms with Crippen LogP contribution in [0.4, 0.5) is 0 Å². The number of imidazole rings is 1. The van der Waals surface area contributed by atoms with Gasteiger partial charge in [0, 0.05) is 12.6 Å². The number of nitrogens with two attached hydrogens (primary N) is 1. The van der Waals surface area contributed by atoms with Gasteiger partial charge in [-0.25, -0.2) is 4.98 Å². The van der Waals surface area contributed by atoms with Crippen LogP contribution < -0.4 is 10.5 Å². The maximum atomic E-state index is 5.56. The summed E-state index contributed by atoms with van der Waals surface area (Å²) in [6, 6.07) is 6.11. The Kier molecular flexibility index (Phi) is 3.67. The highest BCUT2D eigenvalue weighted by Crippen LogP contribution is 2.25. The third-order valence-corrected chi connectivity index (χ3v) is 2.93. The number of hydrogen-bond donors (Lipinski definition) is 1. The Balaban J connectivity index is 2.50. The first-order valence-electron chi connectivity index (χ1n) is 6.05. The summed E-state index contributed by atoms with van der Waals surface area (Å²) in [5.41, 5.74) is 8.79. The minimum atomic E-state index is 0.613. The zero-order valence-corrected chi connectivity index (χ0v) is 11.1. The molecule has 96 valence electrons. The van der Waals surface area contributed by atoms with E-state index in [9.17, 15) is 0 Å². The number of benzene rings is 1. The maximum Gasteiger partial charge on any atom is 0.142 e. The van der Waals surface area contributed by atoms with E-state index >= 15 is 0 Å². The molecule has 1 aromatic carbocycles. The topological polar surface area (TPSA) is 53.1 Å². The molecule has 0 aliphatic rings. The highest BCUT2D eigenvalue weighted by molar-refractivity contribution is 5.49. The first-order chi connectivity index (χ1) is 8.65. The summed E-state index contributed by atoms with van der Waals surface area (Å²) >= 11 is 0. The number of rotatable bonds is 4. The van der Waals surface area contributed by atoms with E-state index in [0.29, 0.717) is 6.54 Å². The lowest BCUT2D eigenvalue weighted by Gasteiger charge is -2.11. The Morgan fingerprint density at radius 3 is 2.78 bits per heavy atom. The van der Waals surface area contributed by atoms with Crippen LogP contribution in [0.5, 0.6) is 5.75 Å². The van der Waals surface area contributed by atoms with Crippen molar-refractivity contribution in [3.05, 3.63) is 41.5 Å². The van der Waals surface area contributed by atoms with Crippen LogP contribution >= 0.6 is 0 Å². The summed E-state index contributed by atoms with van der Waals surface area (Å²) in [4.78, 5) is 4.51. The average molecular weight is 245 g/mol. The van der Waals surface area contributed by atoms with Crippen LogP contribution in [0.3, 0.4) is 0 Å². The van der Waals surface area contributed by atoms with Crippen molar-refractivity contribution in [2.75, 3.05) is 13.7 Å². The van der Waals surface area contributed by atoms with Crippen LogP contribution in [0.1, 0.15) is 17.1 Å². The molecule has 2 N–H and O–H groups in total. The lowest BCUT2D eigenvalue weighted by atomic mass is 10.2. The fourth-order valence-corrected chi connectivity index (χ4v) is 2.03. The Morgan fingerprint density at radius 2 is 2.11 bits per heavy atom. The molecule has 0 spiro atoms.